The zero-order valence-corrected chi connectivity index (χ0v) is 11.8. The summed E-state index contributed by atoms with van der Waals surface area (Å²) in [6.45, 7) is 2.02. The van der Waals surface area contributed by atoms with Crippen LogP contribution < -0.4 is 0 Å². The van der Waals surface area contributed by atoms with Crippen LogP contribution in [0, 0.1) is 41.9 Å². The van der Waals surface area contributed by atoms with Gasteiger partial charge in [0.15, 0.2) is 0 Å². The van der Waals surface area contributed by atoms with Crippen molar-refractivity contribution in [2.75, 3.05) is 0 Å². The summed E-state index contributed by atoms with van der Waals surface area (Å²) < 4.78 is 1.90. The minimum Gasteiger partial charge on any atom is -0.271 e. The van der Waals surface area contributed by atoms with Crippen molar-refractivity contribution in [3.8, 4) is 6.07 Å². The van der Waals surface area contributed by atoms with Gasteiger partial charge < -0.3 is 0 Å². The molecule has 19 heavy (non-hydrogen) atoms. The number of aryl methyl sites for hydroxylation is 1. The molecule has 3 heteroatoms. The Morgan fingerprint density at radius 2 is 1.68 bits per heavy atom. The Kier molecular flexibility index (Phi) is 2.33. The molecule has 1 aromatic rings. The van der Waals surface area contributed by atoms with Gasteiger partial charge in [-0.2, -0.15) is 10.4 Å². The van der Waals surface area contributed by atoms with E-state index in [0.717, 1.165) is 40.6 Å². The summed E-state index contributed by atoms with van der Waals surface area (Å²) >= 11 is 0. The first-order valence-electron chi connectivity index (χ1n) is 7.61. The molecule has 3 nitrogen and oxygen atoms in total. The molecule has 4 aliphatic rings. The lowest BCUT2D eigenvalue weighted by molar-refractivity contribution is -0.00438. The molecule has 0 saturated heterocycles. The molecule has 0 spiro atoms. The number of hydrogen-bond acceptors (Lipinski definition) is 2. The molecule has 0 N–H and O–H groups in total. The maximum atomic E-state index is 9.46. The third-order valence-electron chi connectivity index (χ3n) is 6.02. The molecule has 4 saturated carbocycles. The van der Waals surface area contributed by atoms with Gasteiger partial charge in [-0.15, -0.1) is 0 Å². The van der Waals surface area contributed by atoms with Crippen molar-refractivity contribution in [2.24, 2.45) is 30.7 Å². The maximum absolute atomic E-state index is 9.46. The van der Waals surface area contributed by atoms with Gasteiger partial charge in [-0.1, -0.05) is 0 Å². The van der Waals surface area contributed by atoms with Crippen molar-refractivity contribution in [1.82, 2.24) is 9.78 Å². The Morgan fingerprint density at radius 1 is 1.11 bits per heavy atom. The molecular weight excluding hydrogens is 234 g/mol. The molecule has 0 aromatic carbocycles. The van der Waals surface area contributed by atoms with E-state index in [2.05, 4.69) is 6.07 Å². The van der Waals surface area contributed by atoms with E-state index in [0.29, 0.717) is 5.92 Å². The van der Waals surface area contributed by atoms with Gasteiger partial charge in [0.25, 0.3) is 0 Å². The average Bonchev–Trinajstić information content (AvgIpc) is 2.64. The second-order valence-corrected chi connectivity index (χ2v) is 7.04. The largest absolute Gasteiger partial charge is 0.271 e. The minimum atomic E-state index is 0.572. The van der Waals surface area contributed by atoms with E-state index < -0.39 is 0 Å². The highest BCUT2D eigenvalue weighted by Gasteiger charge is 2.50. The smallest absolute Gasteiger partial charge is 0.103 e. The predicted octanol–water partition coefficient (Wildman–Crippen LogP) is 3.14. The molecule has 4 aliphatic carbocycles. The molecule has 1 heterocycles. The molecule has 0 atom stereocenters. The van der Waals surface area contributed by atoms with Crippen molar-refractivity contribution in [3.63, 3.8) is 0 Å². The van der Waals surface area contributed by atoms with Crippen LogP contribution in [-0.4, -0.2) is 9.78 Å². The fraction of sp³-hybridized carbons (Fsp3) is 0.750. The molecular formula is C16H21N3. The van der Waals surface area contributed by atoms with Crippen LogP contribution in [0.2, 0.25) is 0 Å². The molecule has 5 rings (SSSR count). The Morgan fingerprint density at radius 3 is 2.21 bits per heavy atom. The minimum absolute atomic E-state index is 0.572. The SMILES string of the molecule is Cc1c(C#N)c(C2C3CC4CC(C3)CC2C4)nn1C. The van der Waals surface area contributed by atoms with Crippen molar-refractivity contribution < 1.29 is 0 Å². The van der Waals surface area contributed by atoms with Gasteiger partial charge in [-0.3, -0.25) is 4.68 Å². The topological polar surface area (TPSA) is 41.6 Å². The van der Waals surface area contributed by atoms with Gasteiger partial charge in [0.2, 0.25) is 0 Å². The summed E-state index contributed by atoms with van der Waals surface area (Å²) in [7, 11) is 1.97. The summed E-state index contributed by atoms with van der Waals surface area (Å²) in [6, 6.07) is 2.41. The predicted molar refractivity (Wildman–Crippen MR) is 72.4 cm³/mol. The Balaban J connectivity index is 1.77. The monoisotopic (exact) mass is 255 g/mol. The molecule has 4 bridgehead atoms. The molecule has 0 aliphatic heterocycles. The lowest BCUT2D eigenvalue weighted by atomic mass is 9.51. The lowest BCUT2D eigenvalue weighted by Gasteiger charge is -2.54. The number of nitrogens with zero attached hydrogens (tertiary/aromatic N) is 3. The lowest BCUT2D eigenvalue weighted by Crippen LogP contribution is -2.44. The quantitative estimate of drug-likeness (QED) is 0.773. The highest BCUT2D eigenvalue weighted by molar-refractivity contribution is 5.40. The third kappa shape index (κ3) is 1.52. The fourth-order valence-electron chi connectivity index (χ4n) is 5.38. The summed E-state index contributed by atoms with van der Waals surface area (Å²) in [4.78, 5) is 0. The first kappa shape index (κ1) is 11.5. The van der Waals surface area contributed by atoms with Crippen molar-refractivity contribution >= 4 is 0 Å². The van der Waals surface area contributed by atoms with Gasteiger partial charge in [-0.25, -0.2) is 0 Å². The van der Waals surface area contributed by atoms with Gasteiger partial charge >= 0.3 is 0 Å². The van der Waals surface area contributed by atoms with Crippen LogP contribution in [0.3, 0.4) is 0 Å². The molecule has 0 radical (unpaired) electrons. The standard InChI is InChI=1S/C16H21N3/c1-9-14(8-17)16(18-19(9)2)15-12-4-10-3-11(6-12)7-13(15)5-10/h10-13,15H,3-7H2,1-2H3. The van der Waals surface area contributed by atoms with Crippen molar-refractivity contribution in [1.29, 1.82) is 5.26 Å². The van der Waals surface area contributed by atoms with E-state index in [9.17, 15) is 5.26 Å². The van der Waals surface area contributed by atoms with E-state index in [1.807, 2.05) is 18.7 Å². The van der Waals surface area contributed by atoms with Crippen LogP contribution in [0.4, 0.5) is 0 Å². The zero-order chi connectivity index (χ0) is 13.1. The second-order valence-electron chi connectivity index (χ2n) is 7.04. The fourth-order valence-corrected chi connectivity index (χ4v) is 5.38. The van der Waals surface area contributed by atoms with Gasteiger partial charge in [-0.05, 0) is 62.7 Å². The van der Waals surface area contributed by atoms with Crippen LogP contribution in [0.1, 0.15) is 55.0 Å². The van der Waals surface area contributed by atoms with E-state index >= 15 is 0 Å². The van der Waals surface area contributed by atoms with Gasteiger partial charge in [0.1, 0.15) is 6.07 Å². The normalized spacial score (nSPS) is 39.5. The highest BCUT2D eigenvalue weighted by Crippen LogP contribution is 2.59. The van der Waals surface area contributed by atoms with E-state index in [-0.39, 0.29) is 0 Å². The summed E-state index contributed by atoms with van der Waals surface area (Å²) in [5.74, 6) is 4.14. The van der Waals surface area contributed by atoms with Crippen LogP contribution in [0.15, 0.2) is 0 Å². The van der Waals surface area contributed by atoms with E-state index in [1.165, 1.54) is 32.1 Å². The van der Waals surface area contributed by atoms with Crippen LogP contribution in [0.5, 0.6) is 0 Å². The zero-order valence-electron chi connectivity index (χ0n) is 11.8. The van der Waals surface area contributed by atoms with Gasteiger partial charge in [0, 0.05) is 13.0 Å². The van der Waals surface area contributed by atoms with Crippen molar-refractivity contribution in [3.05, 3.63) is 17.0 Å². The van der Waals surface area contributed by atoms with Crippen molar-refractivity contribution in [2.45, 2.75) is 44.9 Å². The molecule has 1 aromatic heterocycles. The number of rotatable bonds is 1. The summed E-state index contributed by atoms with van der Waals surface area (Å²) in [6.07, 6.45) is 7.03. The first-order chi connectivity index (χ1) is 9.17. The van der Waals surface area contributed by atoms with Crippen LogP contribution >= 0.6 is 0 Å². The number of aromatic nitrogens is 2. The Bertz CT molecular complexity index is 535. The third-order valence-corrected chi connectivity index (χ3v) is 6.02. The average molecular weight is 255 g/mol. The van der Waals surface area contributed by atoms with E-state index in [1.54, 1.807) is 0 Å². The maximum Gasteiger partial charge on any atom is 0.103 e. The first-order valence-corrected chi connectivity index (χ1v) is 7.61. The molecule has 0 amide bonds. The number of hydrogen-bond donors (Lipinski definition) is 0. The number of nitriles is 1. The Hall–Kier alpha value is -1.30. The molecule has 4 fully saturated rings. The summed E-state index contributed by atoms with van der Waals surface area (Å²) in [5.41, 5.74) is 3.02. The summed E-state index contributed by atoms with van der Waals surface area (Å²) in [5, 5.41) is 14.2. The van der Waals surface area contributed by atoms with Crippen LogP contribution in [-0.2, 0) is 7.05 Å². The van der Waals surface area contributed by atoms with E-state index in [4.69, 9.17) is 5.10 Å². The highest BCUT2D eigenvalue weighted by atomic mass is 15.3. The molecule has 100 valence electrons. The molecule has 0 unspecified atom stereocenters. The van der Waals surface area contributed by atoms with Crippen LogP contribution in [0.25, 0.3) is 0 Å². The Labute approximate surface area is 114 Å². The van der Waals surface area contributed by atoms with Gasteiger partial charge in [0.05, 0.1) is 17.0 Å². The second kappa shape index (κ2) is 3.85.